The first-order valence-corrected chi connectivity index (χ1v) is 15.8. The van der Waals surface area contributed by atoms with E-state index in [1.807, 2.05) is 30.3 Å². The van der Waals surface area contributed by atoms with Crippen molar-refractivity contribution in [3.05, 3.63) is 113 Å². The molecule has 3 aromatic heterocycles. The Kier molecular flexibility index (Phi) is 8.94. The van der Waals surface area contributed by atoms with Gasteiger partial charge in [-0.1, -0.05) is 56.1 Å². The number of ether oxygens (including phenoxy) is 2. The van der Waals surface area contributed by atoms with E-state index in [4.69, 9.17) is 14.6 Å². The number of methoxy groups -OCH3 is 1. The van der Waals surface area contributed by atoms with Crippen LogP contribution >= 0.6 is 0 Å². The van der Waals surface area contributed by atoms with Crippen molar-refractivity contribution < 1.29 is 30.5 Å². The summed E-state index contributed by atoms with van der Waals surface area (Å²) in [5.41, 5.74) is 9.05. The zero-order chi connectivity index (χ0) is 31.2. The second-order valence-electron chi connectivity index (χ2n) is 12.2. The Morgan fingerprint density at radius 3 is 2.57 bits per heavy atom. The van der Waals surface area contributed by atoms with Gasteiger partial charge in [-0.3, -0.25) is 4.68 Å². The number of nitrogens with zero attached hydrogens (tertiary/aromatic N) is 4. The molecule has 2 atom stereocenters. The van der Waals surface area contributed by atoms with E-state index in [1.54, 1.807) is 13.3 Å². The molecule has 0 amide bonds. The van der Waals surface area contributed by atoms with Gasteiger partial charge in [-0.2, -0.15) is 16.7 Å². The van der Waals surface area contributed by atoms with Crippen LogP contribution in [0, 0.1) is 31.9 Å². The summed E-state index contributed by atoms with van der Waals surface area (Å²) in [7, 11) is 1.67. The fourth-order valence-corrected chi connectivity index (χ4v) is 7.13. The summed E-state index contributed by atoms with van der Waals surface area (Å²) in [5.74, 6) is 3.72. The molecule has 1 aliphatic rings. The second kappa shape index (κ2) is 12.9. The van der Waals surface area contributed by atoms with Gasteiger partial charge < -0.3 is 14.0 Å². The number of allylic oxidation sites excluding steroid dienone is 2. The summed E-state index contributed by atoms with van der Waals surface area (Å²) in [6, 6.07) is 27.4. The van der Waals surface area contributed by atoms with Gasteiger partial charge in [-0.15, -0.1) is 35.7 Å². The summed E-state index contributed by atoms with van der Waals surface area (Å²) in [6.07, 6.45) is 7.42. The topological polar surface area (TPSA) is 54.1 Å². The Hall–Kier alpha value is -4.15. The van der Waals surface area contributed by atoms with Gasteiger partial charge in [0, 0.05) is 46.5 Å². The van der Waals surface area contributed by atoms with Crippen molar-refractivity contribution in [2.75, 3.05) is 7.11 Å². The maximum absolute atomic E-state index is 6.50. The summed E-state index contributed by atoms with van der Waals surface area (Å²) in [4.78, 5) is 4.67. The minimum absolute atomic E-state index is 0. The number of benzene rings is 3. The van der Waals surface area contributed by atoms with Gasteiger partial charge in [0.15, 0.2) is 0 Å². The van der Waals surface area contributed by atoms with E-state index in [0.29, 0.717) is 23.3 Å². The van der Waals surface area contributed by atoms with Crippen LogP contribution in [0.3, 0.4) is 0 Å². The fraction of sp³-hybridized carbons (Fsp3) is 0.282. The van der Waals surface area contributed by atoms with Crippen molar-refractivity contribution in [3.8, 4) is 28.8 Å². The van der Waals surface area contributed by atoms with Crippen LogP contribution in [0.1, 0.15) is 62.0 Å². The van der Waals surface area contributed by atoms with E-state index in [2.05, 4.69) is 97.4 Å². The first kappa shape index (κ1) is 31.8. The summed E-state index contributed by atoms with van der Waals surface area (Å²) in [5, 5.41) is 7.28. The molecule has 0 radical (unpaired) electrons. The van der Waals surface area contributed by atoms with Gasteiger partial charge >= 0.3 is 21.1 Å². The summed E-state index contributed by atoms with van der Waals surface area (Å²) >= 11 is 0. The van der Waals surface area contributed by atoms with Crippen LogP contribution < -0.4 is 9.47 Å². The standard InChI is InChI=1S/C39H38N4O2.Pt/c1-7-34-39(38-25(3)11-10-12-26(38)4)27(5)41-43(34)28-19-24(2)20-31(21-28)45-30-15-16-33-32-13-8-9-14-35(32)42(36(33)22-30)37-23-29(44-6)17-18-40-37;/h8-9,11,13-20,23,26,38H,7,10,12H2,1-6H3;/q-2;+2/t26-,38?;/m0./s1. The van der Waals surface area contributed by atoms with Gasteiger partial charge in [0.2, 0.25) is 0 Å². The molecule has 0 saturated heterocycles. The van der Waals surface area contributed by atoms with Crippen molar-refractivity contribution in [1.29, 1.82) is 0 Å². The SMILES string of the molecule is CCc1c(C2C(C)=CCC[C@@H]2C)c(C)nn1-c1[c-]c(Oc2[c-]c3c(cc2)c2ccccc2n3-c2cc(OC)ccn2)cc(C)c1.[Pt+2]. The van der Waals surface area contributed by atoms with Gasteiger partial charge in [-0.25, -0.2) is 4.98 Å². The maximum atomic E-state index is 6.50. The predicted molar refractivity (Wildman–Crippen MR) is 180 cm³/mol. The van der Waals surface area contributed by atoms with Crippen molar-refractivity contribution in [2.45, 2.75) is 59.8 Å². The number of fused-ring (bicyclic) bond motifs is 3. The Morgan fingerprint density at radius 2 is 1.78 bits per heavy atom. The molecule has 0 aliphatic heterocycles. The molecule has 0 bridgehead atoms. The van der Waals surface area contributed by atoms with Crippen molar-refractivity contribution in [2.24, 2.45) is 5.92 Å². The number of para-hydroxylation sites is 1. The van der Waals surface area contributed by atoms with Crippen molar-refractivity contribution >= 4 is 21.8 Å². The van der Waals surface area contributed by atoms with E-state index < -0.39 is 0 Å². The molecule has 236 valence electrons. The number of rotatable bonds is 7. The molecule has 3 heterocycles. The molecule has 0 fully saturated rings. The average molecular weight is 790 g/mol. The maximum Gasteiger partial charge on any atom is 2.00 e. The quantitative estimate of drug-likeness (QED) is 0.120. The van der Waals surface area contributed by atoms with Crippen molar-refractivity contribution in [3.63, 3.8) is 0 Å². The van der Waals surface area contributed by atoms with Gasteiger partial charge in [0.25, 0.3) is 0 Å². The van der Waals surface area contributed by atoms with E-state index in [-0.39, 0.29) is 21.1 Å². The molecule has 3 aromatic carbocycles. The normalized spacial score (nSPS) is 16.3. The van der Waals surface area contributed by atoms with Crippen LogP contribution in [0.4, 0.5) is 0 Å². The number of aryl methyl sites for hydroxylation is 2. The number of hydrogen-bond donors (Lipinski definition) is 0. The van der Waals surface area contributed by atoms with Gasteiger partial charge in [0.1, 0.15) is 11.6 Å². The Morgan fingerprint density at radius 1 is 0.957 bits per heavy atom. The predicted octanol–water partition coefficient (Wildman–Crippen LogP) is 9.40. The molecule has 0 saturated carbocycles. The zero-order valence-electron chi connectivity index (χ0n) is 27.1. The molecule has 46 heavy (non-hydrogen) atoms. The largest absolute Gasteiger partial charge is 2.00 e. The molecule has 7 rings (SSSR count). The van der Waals surface area contributed by atoms with Crippen LogP contribution in [0.15, 0.2) is 78.5 Å². The molecular weight excluding hydrogens is 752 g/mol. The fourth-order valence-electron chi connectivity index (χ4n) is 7.13. The van der Waals surface area contributed by atoms with E-state index in [9.17, 15) is 0 Å². The Balaban J connectivity index is 0.00000372. The second-order valence-corrected chi connectivity index (χ2v) is 12.2. The molecule has 0 spiro atoms. The number of aromatic nitrogens is 4. The van der Waals surface area contributed by atoms with Crippen LogP contribution in [0.2, 0.25) is 0 Å². The van der Waals surface area contributed by atoms with E-state index in [1.165, 1.54) is 23.3 Å². The average Bonchev–Trinajstić information content (AvgIpc) is 3.54. The van der Waals surface area contributed by atoms with Crippen molar-refractivity contribution in [1.82, 2.24) is 19.3 Å². The monoisotopic (exact) mass is 789 g/mol. The van der Waals surface area contributed by atoms with Gasteiger partial charge in [-0.05, 0) is 62.2 Å². The molecule has 1 aliphatic carbocycles. The molecule has 6 aromatic rings. The minimum atomic E-state index is 0. The third-order valence-corrected chi connectivity index (χ3v) is 9.16. The Bertz CT molecular complexity index is 2090. The molecule has 6 nitrogen and oxygen atoms in total. The molecule has 1 unspecified atom stereocenters. The van der Waals surface area contributed by atoms with Crippen LogP contribution in [-0.4, -0.2) is 26.4 Å². The first-order chi connectivity index (χ1) is 21.9. The zero-order valence-corrected chi connectivity index (χ0v) is 29.4. The smallest absolute Gasteiger partial charge is 0.509 e. The number of hydrogen-bond acceptors (Lipinski definition) is 4. The van der Waals surface area contributed by atoms with E-state index >= 15 is 0 Å². The molecule has 0 N–H and O–H groups in total. The van der Waals surface area contributed by atoms with Crippen LogP contribution in [0.25, 0.3) is 33.3 Å². The molecular formula is C39H38N4O2Pt. The number of pyridine rings is 1. The Labute approximate surface area is 285 Å². The third kappa shape index (κ3) is 5.58. The summed E-state index contributed by atoms with van der Waals surface area (Å²) < 4.78 is 16.2. The van der Waals surface area contributed by atoms with Gasteiger partial charge in [0.05, 0.1) is 12.8 Å². The molecule has 7 heteroatoms. The summed E-state index contributed by atoms with van der Waals surface area (Å²) in [6.45, 7) is 11.1. The minimum Gasteiger partial charge on any atom is -0.509 e. The van der Waals surface area contributed by atoms with E-state index in [0.717, 1.165) is 63.2 Å². The first-order valence-electron chi connectivity index (χ1n) is 15.8. The van der Waals surface area contributed by atoms with Crippen LogP contribution in [-0.2, 0) is 27.5 Å². The third-order valence-electron chi connectivity index (χ3n) is 9.16. The van der Waals surface area contributed by atoms with Crippen LogP contribution in [0.5, 0.6) is 17.2 Å².